The summed E-state index contributed by atoms with van der Waals surface area (Å²) in [5.41, 5.74) is 1.56. The van der Waals surface area contributed by atoms with Gasteiger partial charge in [-0.1, -0.05) is 0 Å². The Labute approximate surface area is 177 Å². The molecule has 0 unspecified atom stereocenters. The lowest BCUT2D eigenvalue weighted by Gasteiger charge is -2.12. The van der Waals surface area contributed by atoms with E-state index in [-0.39, 0.29) is 10.8 Å². The number of sulfonamides is 1. The Morgan fingerprint density at radius 3 is 2.50 bits per heavy atom. The molecule has 2 heterocycles. The van der Waals surface area contributed by atoms with E-state index in [2.05, 4.69) is 15.0 Å². The zero-order valence-electron chi connectivity index (χ0n) is 16.0. The Hall–Kier alpha value is -3.11. The molecule has 3 aromatic rings. The molecule has 30 heavy (non-hydrogen) atoms. The van der Waals surface area contributed by atoms with Gasteiger partial charge in [-0.25, -0.2) is 13.4 Å². The van der Waals surface area contributed by atoms with Gasteiger partial charge >= 0.3 is 0 Å². The van der Waals surface area contributed by atoms with Gasteiger partial charge in [0, 0.05) is 29.1 Å². The van der Waals surface area contributed by atoms with E-state index in [1.54, 1.807) is 18.2 Å². The van der Waals surface area contributed by atoms with Crippen LogP contribution in [-0.4, -0.2) is 32.5 Å². The molecule has 10 heteroatoms. The van der Waals surface area contributed by atoms with Crippen LogP contribution in [0.3, 0.4) is 0 Å². The Morgan fingerprint density at radius 2 is 1.80 bits per heavy atom. The maximum atomic E-state index is 12.7. The quantitative estimate of drug-likeness (QED) is 0.621. The lowest BCUT2D eigenvalue weighted by atomic mass is 10.2. The highest BCUT2D eigenvalue weighted by molar-refractivity contribution is 7.92. The number of anilines is 2. The summed E-state index contributed by atoms with van der Waals surface area (Å²) < 4.78 is 39.1. The second kappa shape index (κ2) is 8.33. The van der Waals surface area contributed by atoms with E-state index >= 15 is 0 Å². The van der Waals surface area contributed by atoms with Crippen molar-refractivity contribution in [2.75, 3.05) is 23.3 Å². The SMILES string of the molecule is Cc1csc(NC(=O)c2ccc(NS(=O)(=O)c3ccc4c(c3)OCCCO4)cc2)n1. The second-order valence-corrected chi connectivity index (χ2v) is 9.13. The summed E-state index contributed by atoms with van der Waals surface area (Å²) in [6.45, 7) is 2.84. The van der Waals surface area contributed by atoms with Gasteiger partial charge in [-0.3, -0.25) is 14.8 Å². The first kappa shape index (κ1) is 20.2. The minimum absolute atomic E-state index is 0.0627. The van der Waals surface area contributed by atoms with Gasteiger partial charge in [0.2, 0.25) is 0 Å². The Morgan fingerprint density at radius 1 is 1.07 bits per heavy atom. The Bertz CT molecular complexity index is 1170. The Balaban J connectivity index is 1.47. The van der Waals surface area contributed by atoms with Crippen molar-refractivity contribution in [3.05, 3.63) is 59.1 Å². The molecule has 4 rings (SSSR count). The van der Waals surface area contributed by atoms with Gasteiger partial charge in [0.05, 0.1) is 23.8 Å². The predicted octanol–water partition coefficient (Wildman–Crippen LogP) is 3.67. The number of thiazole rings is 1. The summed E-state index contributed by atoms with van der Waals surface area (Å²) in [5.74, 6) is 0.610. The maximum absolute atomic E-state index is 12.7. The molecule has 1 amide bonds. The van der Waals surface area contributed by atoms with Gasteiger partial charge in [0.1, 0.15) is 0 Å². The first-order valence-electron chi connectivity index (χ1n) is 9.17. The summed E-state index contributed by atoms with van der Waals surface area (Å²) in [4.78, 5) is 16.5. The molecule has 1 aliphatic rings. The number of ether oxygens (including phenoxy) is 2. The van der Waals surface area contributed by atoms with Crippen LogP contribution < -0.4 is 19.5 Å². The molecular weight excluding hydrogens is 426 g/mol. The number of fused-ring (bicyclic) bond motifs is 1. The first-order valence-corrected chi connectivity index (χ1v) is 11.5. The van der Waals surface area contributed by atoms with E-state index in [9.17, 15) is 13.2 Å². The minimum Gasteiger partial charge on any atom is -0.490 e. The molecule has 0 fully saturated rings. The molecule has 0 saturated carbocycles. The lowest BCUT2D eigenvalue weighted by Crippen LogP contribution is -2.14. The summed E-state index contributed by atoms with van der Waals surface area (Å²) in [7, 11) is -3.83. The zero-order chi connectivity index (χ0) is 21.1. The topological polar surface area (TPSA) is 107 Å². The summed E-state index contributed by atoms with van der Waals surface area (Å²) in [6, 6.07) is 10.6. The average Bonchev–Trinajstić information content (AvgIpc) is 2.98. The van der Waals surface area contributed by atoms with E-state index in [1.807, 2.05) is 12.3 Å². The molecule has 2 aromatic carbocycles. The van der Waals surface area contributed by atoms with Crippen LogP contribution >= 0.6 is 11.3 Å². The van der Waals surface area contributed by atoms with Gasteiger partial charge in [-0.15, -0.1) is 11.3 Å². The fraction of sp³-hybridized carbons (Fsp3) is 0.200. The van der Waals surface area contributed by atoms with Crippen molar-refractivity contribution in [3.63, 3.8) is 0 Å². The van der Waals surface area contributed by atoms with Crippen molar-refractivity contribution in [2.45, 2.75) is 18.2 Å². The second-order valence-electron chi connectivity index (χ2n) is 6.59. The van der Waals surface area contributed by atoms with Crippen LogP contribution in [-0.2, 0) is 10.0 Å². The van der Waals surface area contributed by atoms with Crippen molar-refractivity contribution < 1.29 is 22.7 Å². The predicted molar refractivity (Wildman–Crippen MR) is 114 cm³/mol. The molecule has 0 saturated heterocycles. The third kappa shape index (κ3) is 4.55. The monoisotopic (exact) mass is 445 g/mol. The zero-order valence-corrected chi connectivity index (χ0v) is 17.7. The number of hydrogen-bond acceptors (Lipinski definition) is 7. The third-order valence-corrected chi connectivity index (χ3v) is 6.52. The van der Waals surface area contributed by atoms with Crippen LogP contribution in [0.4, 0.5) is 10.8 Å². The normalized spacial score (nSPS) is 13.4. The van der Waals surface area contributed by atoms with Crippen LogP contribution in [0.2, 0.25) is 0 Å². The number of aromatic nitrogens is 1. The molecule has 1 aromatic heterocycles. The first-order chi connectivity index (χ1) is 14.4. The molecule has 0 spiro atoms. The Kier molecular flexibility index (Phi) is 5.60. The summed E-state index contributed by atoms with van der Waals surface area (Å²) in [5, 5.41) is 5.06. The summed E-state index contributed by atoms with van der Waals surface area (Å²) in [6.07, 6.45) is 0.733. The fourth-order valence-corrected chi connectivity index (χ4v) is 4.55. The lowest BCUT2D eigenvalue weighted by molar-refractivity contribution is 0.102. The van der Waals surface area contributed by atoms with Crippen LogP contribution in [0.5, 0.6) is 11.5 Å². The molecule has 0 bridgehead atoms. The highest BCUT2D eigenvalue weighted by atomic mass is 32.2. The van der Waals surface area contributed by atoms with Gasteiger partial charge in [0.25, 0.3) is 15.9 Å². The van der Waals surface area contributed by atoms with Crippen molar-refractivity contribution in [1.29, 1.82) is 0 Å². The van der Waals surface area contributed by atoms with Gasteiger partial charge in [-0.05, 0) is 43.3 Å². The number of nitrogens with zero attached hydrogens (tertiary/aromatic N) is 1. The molecule has 156 valence electrons. The van der Waals surface area contributed by atoms with Crippen LogP contribution in [0.25, 0.3) is 0 Å². The van der Waals surface area contributed by atoms with Crippen molar-refractivity contribution in [2.24, 2.45) is 0 Å². The minimum atomic E-state index is -3.83. The average molecular weight is 446 g/mol. The number of rotatable bonds is 5. The van der Waals surface area contributed by atoms with Crippen LogP contribution in [0, 0.1) is 6.92 Å². The molecule has 2 N–H and O–H groups in total. The van der Waals surface area contributed by atoms with E-state index in [4.69, 9.17) is 9.47 Å². The van der Waals surface area contributed by atoms with Crippen molar-refractivity contribution in [3.8, 4) is 11.5 Å². The highest BCUT2D eigenvalue weighted by Gasteiger charge is 2.19. The van der Waals surface area contributed by atoms with Crippen molar-refractivity contribution >= 4 is 38.1 Å². The largest absolute Gasteiger partial charge is 0.490 e. The summed E-state index contributed by atoms with van der Waals surface area (Å²) >= 11 is 1.34. The van der Waals surface area contributed by atoms with E-state index in [1.165, 1.54) is 35.6 Å². The van der Waals surface area contributed by atoms with E-state index < -0.39 is 10.0 Å². The number of aryl methyl sites for hydroxylation is 1. The van der Waals surface area contributed by atoms with E-state index in [0.29, 0.717) is 41.1 Å². The van der Waals surface area contributed by atoms with Gasteiger partial charge < -0.3 is 9.47 Å². The van der Waals surface area contributed by atoms with Gasteiger partial charge in [0.15, 0.2) is 16.6 Å². The number of amides is 1. The maximum Gasteiger partial charge on any atom is 0.262 e. The fourth-order valence-electron chi connectivity index (χ4n) is 2.80. The molecule has 1 aliphatic heterocycles. The smallest absolute Gasteiger partial charge is 0.262 e. The number of carbonyl (C=O) groups is 1. The highest BCUT2D eigenvalue weighted by Crippen LogP contribution is 2.32. The third-order valence-electron chi connectivity index (χ3n) is 4.27. The molecule has 8 nitrogen and oxygen atoms in total. The number of carbonyl (C=O) groups excluding carboxylic acids is 1. The number of nitrogens with one attached hydrogen (secondary N) is 2. The van der Waals surface area contributed by atoms with Crippen LogP contribution in [0.15, 0.2) is 52.7 Å². The number of hydrogen-bond donors (Lipinski definition) is 2. The van der Waals surface area contributed by atoms with Crippen LogP contribution in [0.1, 0.15) is 22.5 Å². The van der Waals surface area contributed by atoms with Crippen molar-refractivity contribution in [1.82, 2.24) is 4.98 Å². The van der Waals surface area contributed by atoms with E-state index in [0.717, 1.165) is 12.1 Å². The van der Waals surface area contributed by atoms with Gasteiger partial charge in [-0.2, -0.15) is 0 Å². The molecule has 0 atom stereocenters. The number of benzene rings is 2. The molecular formula is C20H19N3O5S2. The molecule has 0 aliphatic carbocycles. The molecule has 0 radical (unpaired) electrons. The standard InChI is InChI=1S/C20H19N3O5S2/c1-13-12-29-20(21-13)22-19(24)14-3-5-15(6-4-14)23-30(25,26)16-7-8-17-18(11-16)28-10-2-9-27-17/h3-8,11-12,23H,2,9-10H2,1H3,(H,21,22,24).